The summed E-state index contributed by atoms with van der Waals surface area (Å²) in [4.78, 5) is 19.5. The molecule has 0 fully saturated rings. The van der Waals surface area contributed by atoms with Gasteiger partial charge in [-0.05, 0) is 37.1 Å². The Morgan fingerprint density at radius 3 is 2.75 bits per heavy atom. The van der Waals surface area contributed by atoms with Gasteiger partial charge in [-0.1, -0.05) is 42.1 Å². The molecule has 2 heterocycles. The van der Waals surface area contributed by atoms with Crippen LogP contribution in [0.15, 0.2) is 53.7 Å². The molecular weight excluding hydrogens is 318 g/mol. The van der Waals surface area contributed by atoms with Crippen molar-refractivity contribution < 1.29 is 4.79 Å². The highest BCUT2D eigenvalue weighted by atomic mass is 32.2. The molecule has 0 spiro atoms. The van der Waals surface area contributed by atoms with Crippen LogP contribution in [-0.4, -0.2) is 27.3 Å². The van der Waals surface area contributed by atoms with E-state index in [1.54, 1.807) is 0 Å². The number of nitrogens with zero attached hydrogens (tertiary/aromatic N) is 3. The van der Waals surface area contributed by atoms with Crippen molar-refractivity contribution in [1.29, 1.82) is 0 Å². The van der Waals surface area contributed by atoms with Gasteiger partial charge in [-0.3, -0.25) is 4.79 Å². The summed E-state index contributed by atoms with van der Waals surface area (Å²) in [7, 11) is 2.00. The van der Waals surface area contributed by atoms with Crippen molar-refractivity contribution in [1.82, 2.24) is 9.55 Å². The first kappa shape index (κ1) is 15.3. The number of aryl methyl sites for hydroxylation is 1. The zero-order valence-electron chi connectivity index (χ0n) is 13.8. The van der Waals surface area contributed by atoms with Gasteiger partial charge in [0, 0.05) is 19.3 Å². The number of carbonyl (C=O) groups excluding carboxylic acids is 1. The number of carbonyl (C=O) groups is 1. The van der Waals surface area contributed by atoms with E-state index in [-0.39, 0.29) is 11.2 Å². The molecule has 1 atom stereocenters. The number of anilines is 1. The van der Waals surface area contributed by atoms with Crippen molar-refractivity contribution >= 4 is 34.4 Å². The van der Waals surface area contributed by atoms with Crippen LogP contribution in [0.3, 0.4) is 0 Å². The van der Waals surface area contributed by atoms with Crippen LogP contribution in [0.5, 0.6) is 0 Å². The number of aromatic nitrogens is 2. The number of amides is 1. The standard InChI is InChI=1S/C19H19N3OS/c1-13(18(23)22-12-11-14-7-3-5-9-16(14)22)24-19-20-15-8-4-6-10-17(15)21(19)2/h3-10,13H,11-12H2,1-2H3/t13-/m0/s1. The number of rotatable bonds is 3. The first-order chi connectivity index (χ1) is 11.6. The Hall–Kier alpha value is -2.27. The molecule has 122 valence electrons. The molecule has 0 radical (unpaired) electrons. The van der Waals surface area contributed by atoms with Gasteiger partial charge in [-0.15, -0.1) is 0 Å². The molecule has 2 aromatic carbocycles. The van der Waals surface area contributed by atoms with Crippen LogP contribution in [0.25, 0.3) is 11.0 Å². The molecule has 0 unspecified atom stereocenters. The maximum Gasteiger partial charge on any atom is 0.240 e. The molecule has 0 aliphatic carbocycles. The number of hydrogen-bond donors (Lipinski definition) is 0. The highest BCUT2D eigenvalue weighted by Crippen LogP contribution is 2.32. The number of fused-ring (bicyclic) bond motifs is 2. The summed E-state index contributed by atoms with van der Waals surface area (Å²) < 4.78 is 2.06. The second kappa shape index (κ2) is 5.98. The van der Waals surface area contributed by atoms with Gasteiger partial charge in [-0.25, -0.2) is 4.98 Å². The normalized spacial score (nSPS) is 14.8. The van der Waals surface area contributed by atoms with Gasteiger partial charge in [-0.2, -0.15) is 0 Å². The van der Waals surface area contributed by atoms with E-state index in [9.17, 15) is 4.79 Å². The Bertz CT molecular complexity index is 918. The summed E-state index contributed by atoms with van der Waals surface area (Å²) in [5.74, 6) is 0.150. The summed E-state index contributed by atoms with van der Waals surface area (Å²) in [6, 6.07) is 16.2. The number of imidazole rings is 1. The molecule has 4 rings (SSSR count). The van der Waals surface area contributed by atoms with Crippen molar-refractivity contribution in [2.24, 2.45) is 7.05 Å². The van der Waals surface area contributed by atoms with Crippen molar-refractivity contribution in [3.8, 4) is 0 Å². The van der Waals surface area contributed by atoms with Crippen LogP contribution in [0.4, 0.5) is 5.69 Å². The first-order valence-corrected chi connectivity index (χ1v) is 9.00. The second-order valence-corrected chi connectivity index (χ2v) is 7.38. The van der Waals surface area contributed by atoms with Gasteiger partial charge in [0.15, 0.2) is 5.16 Å². The number of thioether (sulfide) groups is 1. The molecule has 1 amide bonds. The monoisotopic (exact) mass is 337 g/mol. The molecule has 5 heteroatoms. The predicted octanol–water partition coefficient (Wildman–Crippen LogP) is 3.64. The minimum absolute atomic E-state index is 0.150. The van der Waals surface area contributed by atoms with Gasteiger partial charge in [0.2, 0.25) is 5.91 Å². The first-order valence-electron chi connectivity index (χ1n) is 8.12. The lowest BCUT2D eigenvalue weighted by Gasteiger charge is -2.21. The lowest BCUT2D eigenvalue weighted by Crippen LogP contribution is -2.35. The Balaban J connectivity index is 1.57. The highest BCUT2D eigenvalue weighted by Gasteiger charge is 2.29. The molecule has 0 saturated carbocycles. The molecule has 0 saturated heterocycles. The molecule has 1 aliphatic heterocycles. The third kappa shape index (κ3) is 2.49. The van der Waals surface area contributed by atoms with Crippen LogP contribution in [0.2, 0.25) is 0 Å². The van der Waals surface area contributed by atoms with E-state index in [0.717, 1.165) is 34.8 Å². The highest BCUT2D eigenvalue weighted by molar-refractivity contribution is 8.00. The third-order valence-electron chi connectivity index (χ3n) is 4.53. The van der Waals surface area contributed by atoms with Crippen molar-refractivity contribution in [3.05, 3.63) is 54.1 Å². The SMILES string of the molecule is C[C@H](Sc1nc2ccccc2n1C)C(=O)N1CCc2ccccc21. The van der Waals surface area contributed by atoms with Gasteiger partial charge < -0.3 is 9.47 Å². The molecular formula is C19H19N3OS. The average molecular weight is 337 g/mol. The van der Waals surface area contributed by atoms with Crippen LogP contribution in [0.1, 0.15) is 12.5 Å². The summed E-state index contributed by atoms with van der Waals surface area (Å²) >= 11 is 1.53. The zero-order valence-corrected chi connectivity index (χ0v) is 14.6. The maximum atomic E-state index is 12.9. The lowest BCUT2D eigenvalue weighted by atomic mass is 10.2. The number of benzene rings is 2. The van der Waals surface area contributed by atoms with Crippen LogP contribution in [-0.2, 0) is 18.3 Å². The van der Waals surface area contributed by atoms with Crippen LogP contribution in [0, 0.1) is 0 Å². The number of para-hydroxylation sites is 3. The summed E-state index contributed by atoms with van der Waals surface area (Å²) in [5.41, 5.74) is 4.37. The molecule has 1 aromatic heterocycles. The fourth-order valence-electron chi connectivity index (χ4n) is 3.22. The smallest absolute Gasteiger partial charge is 0.240 e. The van der Waals surface area contributed by atoms with E-state index in [1.807, 2.05) is 55.3 Å². The van der Waals surface area contributed by atoms with Crippen molar-refractivity contribution in [2.45, 2.75) is 23.8 Å². The predicted molar refractivity (Wildman–Crippen MR) is 98.5 cm³/mol. The Kier molecular flexibility index (Phi) is 3.81. The van der Waals surface area contributed by atoms with Gasteiger partial charge in [0.05, 0.1) is 16.3 Å². The van der Waals surface area contributed by atoms with Crippen LogP contribution < -0.4 is 4.90 Å². The fraction of sp³-hybridized carbons (Fsp3) is 0.263. The minimum Gasteiger partial charge on any atom is -0.322 e. The van der Waals surface area contributed by atoms with E-state index in [4.69, 9.17) is 0 Å². The van der Waals surface area contributed by atoms with E-state index in [0.29, 0.717) is 0 Å². The van der Waals surface area contributed by atoms with Gasteiger partial charge in [0.1, 0.15) is 0 Å². The Morgan fingerprint density at radius 1 is 1.17 bits per heavy atom. The van der Waals surface area contributed by atoms with Crippen molar-refractivity contribution in [3.63, 3.8) is 0 Å². The quantitative estimate of drug-likeness (QED) is 0.685. The topological polar surface area (TPSA) is 38.1 Å². The molecule has 0 bridgehead atoms. The summed E-state index contributed by atoms with van der Waals surface area (Å²) in [6.45, 7) is 2.74. The summed E-state index contributed by atoms with van der Waals surface area (Å²) in [5, 5.41) is 0.705. The largest absolute Gasteiger partial charge is 0.322 e. The molecule has 1 aliphatic rings. The maximum absolute atomic E-state index is 12.9. The van der Waals surface area contributed by atoms with Crippen molar-refractivity contribution in [2.75, 3.05) is 11.4 Å². The average Bonchev–Trinajstić information content (AvgIpc) is 3.16. The van der Waals surface area contributed by atoms with E-state index in [1.165, 1.54) is 17.3 Å². The molecule has 0 N–H and O–H groups in total. The van der Waals surface area contributed by atoms with E-state index in [2.05, 4.69) is 21.7 Å². The van der Waals surface area contributed by atoms with Crippen LogP contribution >= 0.6 is 11.8 Å². The Morgan fingerprint density at radius 2 is 1.92 bits per heavy atom. The van der Waals surface area contributed by atoms with E-state index >= 15 is 0 Å². The fourth-order valence-corrected chi connectivity index (χ4v) is 4.18. The minimum atomic E-state index is -0.174. The lowest BCUT2D eigenvalue weighted by molar-refractivity contribution is -0.117. The summed E-state index contributed by atoms with van der Waals surface area (Å²) in [6.07, 6.45) is 0.936. The molecule has 3 aromatic rings. The van der Waals surface area contributed by atoms with Gasteiger partial charge >= 0.3 is 0 Å². The molecule has 24 heavy (non-hydrogen) atoms. The number of hydrogen-bond acceptors (Lipinski definition) is 3. The van der Waals surface area contributed by atoms with Gasteiger partial charge in [0.25, 0.3) is 0 Å². The Labute approximate surface area is 145 Å². The second-order valence-electron chi connectivity index (χ2n) is 6.07. The zero-order chi connectivity index (χ0) is 16.7. The van der Waals surface area contributed by atoms with E-state index < -0.39 is 0 Å². The molecule has 4 nitrogen and oxygen atoms in total. The third-order valence-corrected chi connectivity index (χ3v) is 5.66.